The van der Waals surface area contributed by atoms with Crippen molar-refractivity contribution in [3.63, 3.8) is 0 Å². The van der Waals surface area contributed by atoms with Gasteiger partial charge < -0.3 is 9.42 Å². The van der Waals surface area contributed by atoms with Gasteiger partial charge in [0.15, 0.2) is 5.69 Å². The highest BCUT2D eigenvalue weighted by Crippen LogP contribution is 2.31. The highest BCUT2D eigenvalue weighted by Gasteiger charge is 2.30. The summed E-state index contributed by atoms with van der Waals surface area (Å²) in [4.78, 5) is 19.4. The first-order valence-corrected chi connectivity index (χ1v) is 10.4. The Morgan fingerprint density at radius 2 is 1.94 bits per heavy atom. The first kappa shape index (κ1) is 20.1. The molecule has 5 rings (SSSR count). The topological polar surface area (TPSA) is 77.1 Å². The molecule has 0 N–H and O–H groups in total. The van der Waals surface area contributed by atoms with Gasteiger partial charge in [-0.05, 0) is 49.2 Å². The lowest BCUT2D eigenvalue weighted by Gasteiger charge is -2.27. The lowest BCUT2D eigenvalue weighted by molar-refractivity contribution is 0.0733. The van der Waals surface area contributed by atoms with E-state index in [1.165, 1.54) is 6.07 Å². The molecule has 7 nitrogen and oxygen atoms in total. The van der Waals surface area contributed by atoms with Gasteiger partial charge in [0.05, 0.1) is 12.1 Å². The van der Waals surface area contributed by atoms with E-state index in [-0.39, 0.29) is 23.2 Å². The molecule has 2 aromatic heterocycles. The standard InChI is InChI=1S/C24H22FN5O2/c1-14-8-9-16(12-15(14)2)24(31)30-11-10-20-18(13-30)21(27-29(20)3)23-26-22(28-32-23)17-6-4-5-7-19(17)25/h4-9,12H,10-11,13H2,1-3H3. The zero-order chi connectivity index (χ0) is 22.4. The molecular formula is C24H22FN5O2. The fourth-order valence-electron chi connectivity index (χ4n) is 4.07. The first-order chi connectivity index (χ1) is 15.4. The van der Waals surface area contributed by atoms with Crippen LogP contribution in [0.2, 0.25) is 0 Å². The first-order valence-electron chi connectivity index (χ1n) is 10.4. The van der Waals surface area contributed by atoms with Crippen molar-refractivity contribution in [1.29, 1.82) is 0 Å². The lowest BCUT2D eigenvalue weighted by atomic mass is 10.0. The van der Waals surface area contributed by atoms with Crippen LogP contribution in [0.25, 0.3) is 23.0 Å². The Morgan fingerprint density at radius 1 is 1.12 bits per heavy atom. The minimum Gasteiger partial charge on any atom is -0.334 e. The molecule has 32 heavy (non-hydrogen) atoms. The third kappa shape index (κ3) is 3.37. The molecule has 0 radical (unpaired) electrons. The van der Waals surface area contributed by atoms with Crippen LogP contribution in [-0.4, -0.2) is 37.3 Å². The summed E-state index contributed by atoms with van der Waals surface area (Å²) < 4.78 is 21.4. The number of fused-ring (bicyclic) bond motifs is 1. The van der Waals surface area contributed by atoms with Crippen LogP contribution in [0.15, 0.2) is 47.0 Å². The molecule has 4 aromatic rings. The summed E-state index contributed by atoms with van der Waals surface area (Å²) >= 11 is 0. The molecule has 0 spiro atoms. The van der Waals surface area contributed by atoms with Crippen LogP contribution in [0.5, 0.6) is 0 Å². The van der Waals surface area contributed by atoms with Crippen molar-refractivity contribution in [2.45, 2.75) is 26.8 Å². The largest absolute Gasteiger partial charge is 0.334 e. The fraction of sp³-hybridized carbons (Fsp3) is 0.250. The van der Waals surface area contributed by atoms with Gasteiger partial charge in [-0.15, -0.1) is 0 Å². The van der Waals surface area contributed by atoms with Gasteiger partial charge in [-0.1, -0.05) is 23.4 Å². The predicted molar refractivity (Wildman–Crippen MR) is 116 cm³/mol. The summed E-state index contributed by atoms with van der Waals surface area (Å²) in [5.74, 6) is -0.0730. The predicted octanol–water partition coefficient (Wildman–Crippen LogP) is 4.09. The number of hydrogen-bond donors (Lipinski definition) is 0. The fourth-order valence-corrected chi connectivity index (χ4v) is 4.07. The summed E-state index contributed by atoms with van der Waals surface area (Å²) in [5, 5.41) is 8.52. The molecule has 2 aromatic carbocycles. The Balaban J connectivity index is 1.47. The number of aryl methyl sites for hydroxylation is 3. The average molecular weight is 431 g/mol. The molecule has 8 heteroatoms. The highest BCUT2D eigenvalue weighted by molar-refractivity contribution is 5.94. The van der Waals surface area contributed by atoms with Crippen molar-refractivity contribution < 1.29 is 13.7 Å². The van der Waals surface area contributed by atoms with E-state index in [1.807, 2.05) is 44.0 Å². The molecule has 162 valence electrons. The Morgan fingerprint density at radius 3 is 2.72 bits per heavy atom. The molecule has 1 aliphatic heterocycles. The summed E-state index contributed by atoms with van der Waals surface area (Å²) in [5.41, 5.74) is 5.59. The van der Waals surface area contributed by atoms with E-state index in [9.17, 15) is 9.18 Å². The van der Waals surface area contributed by atoms with E-state index >= 15 is 0 Å². The number of benzene rings is 2. The van der Waals surface area contributed by atoms with Gasteiger partial charge in [-0.2, -0.15) is 10.1 Å². The number of amides is 1. The summed E-state index contributed by atoms with van der Waals surface area (Å²) in [7, 11) is 1.86. The van der Waals surface area contributed by atoms with E-state index in [4.69, 9.17) is 4.52 Å². The molecule has 0 saturated carbocycles. The van der Waals surface area contributed by atoms with E-state index in [2.05, 4.69) is 15.2 Å². The molecule has 0 aliphatic carbocycles. The van der Waals surface area contributed by atoms with Crippen molar-refractivity contribution in [3.05, 3.63) is 76.2 Å². The third-order valence-electron chi connectivity index (χ3n) is 6.03. The van der Waals surface area contributed by atoms with Gasteiger partial charge in [-0.25, -0.2) is 4.39 Å². The van der Waals surface area contributed by atoms with E-state index in [1.54, 1.807) is 22.9 Å². The number of nitrogens with zero attached hydrogens (tertiary/aromatic N) is 5. The molecule has 0 atom stereocenters. The number of rotatable bonds is 3. The zero-order valence-corrected chi connectivity index (χ0v) is 18.1. The minimum absolute atomic E-state index is 0.0221. The summed E-state index contributed by atoms with van der Waals surface area (Å²) in [6.07, 6.45) is 0.670. The van der Waals surface area contributed by atoms with Crippen LogP contribution in [-0.2, 0) is 20.0 Å². The number of carbonyl (C=O) groups is 1. The van der Waals surface area contributed by atoms with Crippen molar-refractivity contribution in [2.75, 3.05) is 6.54 Å². The maximum absolute atomic E-state index is 14.1. The van der Waals surface area contributed by atoms with Gasteiger partial charge in [0.25, 0.3) is 11.8 Å². The molecular weight excluding hydrogens is 409 g/mol. The van der Waals surface area contributed by atoms with Crippen LogP contribution >= 0.6 is 0 Å². The quantitative estimate of drug-likeness (QED) is 0.488. The van der Waals surface area contributed by atoms with E-state index < -0.39 is 5.82 Å². The second-order valence-electron chi connectivity index (χ2n) is 8.08. The Hall–Kier alpha value is -3.81. The number of hydrogen-bond acceptors (Lipinski definition) is 5. The van der Waals surface area contributed by atoms with Crippen LogP contribution in [0, 0.1) is 19.7 Å². The second kappa shape index (κ2) is 7.71. The molecule has 0 fully saturated rings. The van der Waals surface area contributed by atoms with Gasteiger partial charge in [0.1, 0.15) is 5.82 Å². The third-order valence-corrected chi connectivity index (χ3v) is 6.03. The van der Waals surface area contributed by atoms with Crippen molar-refractivity contribution in [3.8, 4) is 23.0 Å². The smallest absolute Gasteiger partial charge is 0.279 e. The number of carbonyl (C=O) groups excluding carboxylic acids is 1. The molecule has 0 unspecified atom stereocenters. The monoisotopic (exact) mass is 431 g/mol. The van der Waals surface area contributed by atoms with E-state index in [0.29, 0.717) is 30.8 Å². The van der Waals surface area contributed by atoms with Crippen molar-refractivity contribution >= 4 is 5.91 Å². The molecule has 1 amide bonds. The average Bonchev–Trinajstić information content (AvgIpc) is 3.40. The van der Waals surface area contributed by atoms with Gasteiger partial charge in [0, 0.05) is 36.8 Å². The molecule has 3 heterocycles. The van der Waals surface area contributed by atoms with Gasteiger partial charge in [-0.3, -0.25) is 9.48 Å². The van der Waals surface area contributed by atoms with Gasteiger partial charge in [0.2, 0.25) is 5.82 Å². The maximum atomic E-state index is 14.1. The van der Waals surface area contributed by atoms with Crippen LogP contribution in [0.4, 0.5) is 4.39 Å². The normalized spacial score (nSPS) is 13.3. The van der Waals surface area contributed by atoms with Crippen LogP contribution in [0.1, 0.15) is 32.7 Å². The van der Waals surface area contributed by atoms with Crippen LogP contribution in [0.3, 0.4) is 0 Å². The molecule has 0 saturated heterocycles. The zero-order valence-electron chi connectivity index (χ0n) is 18.1. The number of aromatic nitrogens is 4. The summed E-state index contributed by atoms with van der Waals surface area (Å²) in [6.45, 7) is 5.02. The summed E-state index contributed by atoms with van der Waals surface area (Å²) in [6, 6.07) is 12.0. The lowest BCUT2D eigenvalue weighted by Crippen LogP contribution is -2.36. The van der Waals surface area contributed by atoms with Crippen LogP contribution < -0.4 is 0 Å². The Bertz CT molecular complexity index is 1340. The van der Waals surface area contributed by atoms with Crippen molar-refractivity contribution in [2.24, 2.45) is 7.05 Å². The molecule has 1 aliphatic rings. The SMILES string of the molecule is Cc1ccc(C(=O)N2CCc3c(c(-c4nc(-c5ccccc5F)no4)nn3C)C2)cc1C. The minimum atomic E-state index is -0.423. The Labute approximate surface area is 184 Å². The molecule has 0 bridgehead atoms. The number of halogens is 1. The Kier molecular flexibility index (Phi) is 4.84. The second-order valence-corrected chi connectivity index (χ2v) is 8.08. The highest BCUT2D eigenvalue weighted by atomic mass is 19.1. The van der Waals surface area contributed by atoms with Gasteiger partial charge >= 0.3 is 0 Å². The van der Waals surface area contributed by atoms with E-state index in [0.717, 1.165) is 22.4 Å². The maximum Gasteiger partial charge on any atom is 0.279 e. The van der Waals surface area contributed by atoms with Crippen molar-refractivity contribution in [1.82, 2.24) is 24.8 Å².